The Morgan fingerprint density at radius 3 is 2.60 bits per heavy atom. The highest BCUT2D eigenvalue weighted by Crippen LogP contribution is 2.31. The molecule has 0 bridgehead atoms. The van der Waals surface area contributed by atoms with Crippen molar-refractivity contribution in [3.8, 4) is 5.75 Å². The number of aromatic nitrogens is 1. The topological polar surface area (TPSA) is 22.1 Å². The molecule has 1 aromatic heterocycles. The number of hydrogen-bond donors (Lipinski definition) is 0. The summed E-state index contributed by atoms with van der Waals surface area (Å²) < 4.78 is 5.84. The molecule has 0 aliphatic rings. The molecule has 0 saturated heterocycles. The van der Waals surface area contributed by atoms with E-state index in [2.05, 4.69) is 18.8 Å². The van der Waals surface area contributed by atoms with E-state index in [9.17, 15) is 0 Å². The Morgan fingerprint density at radius 1 is 1.20 bits per heavy atom. The monoisotopic (exact) mass is 309 g/mol. The molecule has 1 aromatic carbocycles. The van der Waals surface area contributed by atoms with Crippen LogP contribution in [0.4, 0.5) is 0 Å². The van der Waals surface area contributed by atoms with Crippen molar-refractivity contribution in [1.29, 1.82) is 0 Å². The minimum atomic E-state index is 0.356. The first kappa shape index (κ1) is 15.1. The van der Waals surface area contributed by atoms with Gasteiger partial charge in [0, 0.05) is 16.2 Å². The van der Waals surface area contributed by atoms with E-state index in [0.29, 0.717) is 17.5 Å². The quantitative estimate of drug-likeness (QED) is 0.754. The van der Waals surface area contributed by atoms with Crippen LogP contribution in [0.3, 0.4) is 0 Å². The zero-order valence-electron chi connectivity index (χ0n) is 11.8. The van der Waals surface area contributed by atoms with E-state index in [0.717, 1.165) is 27.6 Å². The molecular formula is C16H17Cl2NO. The van der Waals surface area contributed by atoms with Crippen molar-refractivity contribution in [3.05, 3.63) is 57.3 Å². The SMILES string of the molecule is Cc1cc(Cl)c(C(C)C)cc1OCc1cc(Cl)ccn1. The minimum absolute atomic E-state index is 0.356. The number of benzene rings is 1. The van der Waals surface area contributed by atoms with Crippen LogP contribution in [0.5, 0.6) is 5.75 Å². The molecule has 0 aliphatic carbocycles. The highest BCUT2D eigenvalue weighted by molar-refractivity contribution is 6.31. The normalized spacial score (nSPS) is 10.9. The van der Waals surface area contributed by atoms with E-state index in [1.165, 1.54) is 0 Å². The average Bonchev–Trinajstić information content (AvgIpc) is 2.37. The summed E-state index contributed by atoms with van der Waals surface area (Å²) in [4.78, 5) is 4.22. The van der Waals surface area contributed by atoms with E-state index >= 15 is 0 Å². The van der Waals surface area contributed by atoms with Crippen LogP contribution in [0, 0.1) is 6.92 Å². The lowest BCUT2D eigenvalue weighted by atomic mass is 10.0. The third-order valence-corrected chi connectivity index (χ3v) is 3.63. The van der Waals surface area contributed by atoms with Crippen LogP contribution in [0.2, 0.25) is 10.0 Å². The van der Waals surface area contributed by atoms with Gasteiger partial charge in [0.2, 0.25) is 0 Å². The van der Waals surface area contributed by atoms with Gasteiger partial charge in [0.15, 0.2) is 0 Å². The molecule has 4 heteroatoms. The van der Waals surface area contributed by atoms with Crippen LogP contribution >= 0.6 is 23.2 Å². The van der Waals surface area contributed by atoms with E-state index < -0.39 is 0 Å². The molecular weight excluding hydrogens is 293 g/mol. The van der Waals surface area contributed by atoms with Gasteiger partial charge in [-0.25, -0.2) is 0 Å². The van der Waals surface area contributed by atoms with Gasteiger partial charge >= 0.3 is 0 Å². The molecule has 106 valence electrons. The molecule has 2 rings (SSSR count). The predicted octanol–water partition coefficient (Wildman–Crippen LogP) is 5.40. The number of ether oxygens (including phenoxy) is 1. The molecule has 2 nitrogen and oxygen atoms in total. The zero-order valence-corrected chi connectivity index (χ0v) is 13.3. The van der Waals surface area contributed by atoms with Crippen molar-refractivity contribution in [2.45, 2.75) is 33.3 Å². The second-order valence-electron chi connectivity index (χ2n) is 5.05. The molecule has 20 heavy (non-hydrogen) atoms. The summed E-state index contributed by atoms with van der Waals surface area (Å²) in [5.74, 6) is 1.19. The first-order chi connectivity index (χ1) is 9.47. The Balaban J connectivity index is 2.19. The van der Waals surface area contributed by atoms with E-state index in [4.69, 9.17) is 27.9 Å². The van der Waals surface area contributed by atoms with Crippen LogP contribution in [-0.4, -0.2) is 4.98 Å². The van der Waals surface area contributed by atoms with Crippen molar-refractivity contribution in [2.24, 2.45) is 0 Å². The van der Waals surface area contributed by atoms with Gasteiger partial charge in [-0.3, -0.25) is 4.98 Å². The standard InChI is InChI=1S/C16H17Cl2NO/c1-10(2)14-8-16(11(3)6-15(14)18)20-9-13-7-12(17)4-5-19-13/h4-8,10H,9H2,1-3H3. The molecule has 0 radical (unpaired) electrons. The van der Waals surface area contributed by atoms with Crippen molar-refractivity contribution in [2.75, 3.05) is 0 Å². The van der Waals surface area contributed by atoms with Crippen LogP contribution in [0.25, 0.3) is 0 Å². The Labute approximate surface area is 129 Å². The van der Waals surface area contributed by atoms with Gasteiger partial charge in [-0.1, -0.05) is 37.0 Å². The van der Waals surface area contributed by atoms with Gasteiger partial charge in [-0.05, 0) is 48.2 Å². The van der Waals surface area contributed by atoms with Gasteiger partial charge in [0.1, 0.15) is 12.4 Å². The number of hydrogen-bond acceptors (Lipinski definition) is 2. The van der Waals surface area contributed by atoms with Gasteiger partial charge < -0.3 is 4.74 Å². The maximum atomic E-state index is 6.25. The van der Waals surface area contributed by atoms with Crippen LogP contribution in [-0.2, 0) is 6.61 Å². The largest absolute Gasteiger partial charge is 0.487 e. The average molecular weight is 310 g/mol. The molecule has 1 heterocycles. The predicted molar refractivity (Wildman–Crippen MR) is 83.9 cm³/mol. The van der Waals surface area contributed by atoms with Gasteiger partial charge in [0.05, 0.1) is 5.69 Å². The fourth-order valence-corrected chi connectivity index (χ4v) is 2.56. The van der Waals surface area contributed by atoms with Crippen LogP contribution in [0.1, 0.15) is 36.6 Å². The van der Waals surface area contributed by atoms with E-state index in [1.54, 1.807) is 18.3 Å². The lowest BCUT2D eigenvalue weighted by molar-refractivity contribution is 0.299. The summed E-state index contributed by atoms with van der Waals surface area (Å²) in [5.41, 5.74) is 2.91. The van der Waals surface area contributed by atoms with Crippen molar-refractivity contribution in [3.63, 3.8) is 0 Å². The Morgan fingerprint density at radius 2 is 1.95 bits per heavy atom. The third-order valence-electron chi connectivity index (χ3n) is 3.07. The van der Waals surface area contributed by atoms with Gasteiger partial charge in [-0.2, -0.15) is 0 Å². The summed E-state index contributed by atoms with van der Waals surface area (Å²) in [6.45, 7) is 6.59. The molecule has 2 aromatic rings. The second kappa shape index (κ2) is 6.47. The summed E-state index contributed by atoms with van der Waals surface area (Å²) >= 11 is 12.2. The maximum absolute atomic E-state index is 6.25. The minimum Gasteiger partial charge on any atom is -0.487 e. The zero-order chi connectivity index (χ0) is 14.7. The fourth-order valence-electron chi connectivity index (χ4n) is 1.95. The van der Waals surface area contributed by atoms with Crippen LogP contribution < -0.4 is 4.74 Å². The van der Waals surface area contributed by atoms with E-state index in [-0.39, 0.29) is 0 Å². The molecule has 0 N–H and O–H groups in total. The van der Waals surface area contributed by atoms with Gasteiger partial charge in [0.25, 0.3) is 0 Å². The van der Waals surface area contributed by atoms with Crippen molar-refractivity contribution < 1.29 is 4.74 Å². The summed E-state index contributed by atoms with van der Waals surface area (Å²) in [5, 5.41) is 1.44. The number of halogens is 2. The summed E-state index contributed by atoms with van der Waals surface area (Å²) in [6.07, 6.45) is 1.68. The van der Waals surface area contributed by atoms with Crippen molar-refractivity contribution in [1.82, 2.24) is 4.98 Å². The third kappa shape index (κ3) is 3.65. The van der Waals surface area contributed by atoms with Crippen molar-refractivity contribution >= 4 is 23.2 Å². The molecule has 0 saturated carbocycles. The lowest BCUT2D eigenvalue weighted by Gasteiger charge is -2.14. The van der Waals surface area contributed by atoms with Gasteiger partial charge in [-0.15, -0.1) is 0 Å². The molecule has 0 spiro atoms. The molecule has 0 atom stereocenters. The first-order valence-corrected chi connectivity index (χ1v) is 7.26. The molecule has 0 fully saturated rings. The highest BCUT2D eigenvalue weighted by atomic mass is 35.5. The number of rotatable bonds is 4. The number of nitrogens with zero attached hydrogens (tertiary/aromatic N) is 1. The first-order valence-electron chi connectivity index (χ1n) is 6.50. The number of aryl methyl sites for hydroxylation is 1. The fraction of sp³-hybridized carbons (Fsp3) is 0.312. The summed E-state index contributed by atoms with van der Waals surface area (Å²) in [7, 11) is 0. The smallest absolute Gasteiger partial charge is 0.130 e. The Bertz CT molecular complexity index is 611. The van der Waals surface area contributed by atoms with E-state index in [1.807, 2.05) is 19.1 Å². The molecule has 0 aliphatic heterocycles. The number of pyridine rings is 1. The maximum Gasteiger partial charge on any atom is 0.130 e. The highest BCUT2D eigenvalue weighted by Gasteiger charge is 2.10. The summed E-state index contributed by atoms with van der Waals surface area (Å²) in [6, 6.07) is 7.50. The van der Waals surface area contributed by atoms with Crippen LogP contribution in [0.15, 0.2) is 30.5 Å². The second-order valence-corrected chi connectivity index (χ2v) is 5.89. The molecule has 0 amide bonds. The lowest BCUT2D eigenvalue weighted by Crippen LogP contribution is -2.01. The Kier molecular flexibility index (Phi) is 4.90. The Hall–Kier alpha value is -1.25. The molecule has 0 unspecified atom stereocenters.